The minimum Gasteiger partial charge on any atom is -0.0878 e. The molecule has 0 saturated heterocycles. The molecule has 1 rings (SSSR count). The summed E-state index contributed by atoms with van der Waals surface area (Å²) in [6, 6.07) is 0. The molecule has 0 spiro atoms. The van der Waals surface area contributed by atoms with Crippen LogP contribution in [0.2, 0.25) is 25.2 Å². The Labute approximate surface area is 116 Å². The normalized spacial score (nSPS) is 20.4. The van der Waals surface area contributed by atoms with Gasteiger partial charge in [-0.15, -0.1) is 0 Å². The van der Waals surface area contributed by atoms with Gasteiger partial charge in [0.1, 0.15) is 0 Å². The second-order valence-corrected chi connectivity index (χ2v) is 12.7. The minimum atomic E-state index is -1.01. The largest absolute Gasteiger partial charge is 0.0878 e. The van der Waals surface area contributed by atoms with Gasteiger partial charge < -0.3 is 0 Å². The Bertz CT molecular complexity index is 230. The predicted octanol–water partition coefficient (Wildman–Crippen LogP) is 6.41. The first-order valence-corrected chi connectivity index (χ1v) is 11.8. The van der Waals surface area contributed by atoms with Crippen molar-refractivity contribution in [2.75, 3.05) is 0 Å². The third-order valence-electron chi connectivity index (χ3n) is 4.50. The van der Waals surface area contributed by atoms with E-state index in [1.807, 2.05) is 0 Å². The first-order valence-electron chi connectivity index (χ1n) is 8.22. The Morgan fingerprint density at radius 1 is 1.06 bits per heavy atom. The number of unbranched alkanes of at least 4 members (excludes halogenated alkanes) is 2. The fourth-order valence-electron chi connectivity index (χ4n) is 3.05. The van der Waals surface area contributed by atoms with Gasteiger partial charge in [-0.25, -0.2) is 0 Å². The Hall–Kier alpha value is -0.0431. The van der Waals surface area contributed by atoms with Crippen molar-refractivity contribution in [3.05, 3.63) is 12.2 Å². The van der Waals surface area contributed by atoms with E-state index in [4.69, 9.17) is 0 Å². The molecule has 1 atom stereocenters. The molecule has 0 heterocycles. The maximum Gasteiger partial charge on any atom is 0.0513 e. The molecule has 0 aliphatic heterocycles. The summed E-state index contributed by atoms with van der Waals surface area (Å²) in [4.78, 5) is 0. The lowest BCUT2D eigenvalue weighted by Gasteiger charge is -2.27. The number of hydrogen-bond donors (Lipinski definition) is 0. The summed E-state index contributed by atoms with van der Waals surface area (Å²) in [5.41, 5.74) is 0.908. The van der Waals surface area contributed by atoms with E-state index in [1.165, 1.54) is 57.8 Å². The van der Waals surface area contributed by atoms with Crippen LogP contribution in [0, 0.1) is 5.92 Å². The summed E-state index contributed by atoms with van der Waals surface area (Å²) in [5.74, 6) is 0.906. The molecular formula is C17H34Si. The minimum absolute atomic E-state index is 0.906. The van der Waals surface area contributed by atoms with Crippen molar-refractivity contribution in [2.45, 2.75) is 89.9 Å². The van der Waals surface area contributed by atoms with E-state index in [-0.39, 0.29) is 0 Å². The fourth-order valence-corrected chi connectivity index (χ4v) is 4.81. The third kappa shape index (κ3) is 6.22. The van der Waals surface area contributed by atoms with Gasteiger partial charge >= 0.3 is 0 Å². The number of hydrogen-bond acceptors (Lipinski definition) is 0. The first-order chi connectivity index (χ1) is 8.54. The van der Waals surface area contributed by atoms with E-state index in [9.17, 15) is 0 Å². The van der Waals surface area contributed by atoms with Gasteiger partial charge in [0, 0.05) is 0 Å². The lowest BCUT2D eigenvalue weighted by molar-refractivity contribution is 0.418. The van der Waals surface area contributed by atoms with Crippen LogP contribution in [0.4, 0.5) is 0 Å². The van der Waals surface area contributed by atoms with Crippen LogP contribution in [-0.4, -0.2) is 8.07 Å². The summed E-state index contributed by atoms with van der Waals surface area (Å²) in [6.45, 7) is 9.92. The molecule has 1 fully saturated rings. The van der Waals surface area contributed by atoms with E-state index in [0.717, 1.165) is 11.5 Å². The zero-order chi connectivity index (χ0) is 13.4. The van der Waals surface area contributed by atoms with Crippen LogP contribution in [0.1, 0.15) is 64.7 Å². The Morgan fingerprint density at radius 2 is 1.72 bits per heavy atom. The second kappa shape index (κ2) is 8.19. The maximum atomic E-state index is 2.62. The molecule has 0 nitrogen and oxygen atoms in total. The molecule has 0 aromatic heterocycles. The molecule has 18 heavy (non-hydrogen) atoms. The monoisotopic (exact) mass is 266 g/mol. The Balaban J connectivity index is 2.46. The van der Waals surface area contributed by atoms with E-state index >= 15 is 0 Å². The molecule has 0 amide bonds. The van der Waals surface area contributed by atoms with Crippen molar-refractivity contribution in [3.63, 3.8) is 0 Å². The lowest BCUT2D eigenvalue weighted by atomic mass is 9.89. The van der Waals surface area contributed by atoms with Crippen molar-refractivity contribution in [2.24, 2.45) is 5.92 Å². The van der Waals surface area contributed by atoms with Gasteiger partial charge in [-0.05, 0) is 30.7 Å². The standard InChI is InChI=1S/C17H34Si/c1-5-6-8-13-17(18(2,3)4)15-14-16-11-9-7-10-12-16/h14-17H,5-13H2,1-4H3/b15-14+. The van der Waals surface area contributed by atoms with E-state index in [2.05, 4.69) is 38.7 Å². The highest BCUT2D eigenvalue weighted by Crippen LogP contribution is 2.31. The smallest absolute Gasteiger partial charge is 0.0513 e. The zero-order valence-corrected chi connectivity index (χ0v) is 14.2. The van der Waals surface area contributed by atoms with Crippen LogP contribution in [0.25, 0.3) is 0 Å². The molecule has 0 radical (unpaired) electrons. The van der Waals surface area contributed by atoms with Gasteiger partial charge in [-0.1, -0.05) is 77.2 Å². The van der Waals surface area contributed by atoms with Crippen LogP contribution in [0.3, 0.4) is 0 Å². The van der Waals surface area contributed by atoms with Crippen molar-refractivity contribution in [3.8, 4) is 0 Å². The molecule has 0 N–H and O–H groups in total. The van der Waals surface area contributed by atoms with E-state index < -0.39 is 8.07 Å². The molecule has 1 saturated carbocycles. The van der Waals surface area contributed by atoms with Crippen LogP contribution < -0.4 is 0 Å². The molecule has 1 aliphatic rings. The molecule has 0 bridgehead atoms. The van der Waals surface area contributed by atoms with Gasteiger partial charge in [0.05, 0.1) is 8.07 Å². The SMILES string of the molecule is CCCCCC(/C=C/C1CCCCC1)[Si](C)(C)C. The van der Waals surface area contributed by atoms with Gasteiger partial charge in [0.2, 0.25) is 0 Å². The summed E-state index contributed by atoms with van der Waals surface area (Å²) < 4.78 is 0. The number of rotatable bonds is 7. The average molecular weight is 267 g/mol. The average Bonchev–Trinajstić information content (AvgIpc) is 2.33. The highest BCUT2D eigenvalue weighted by Gasteiger charge is 2.24. The summed E-state index contributed by atoms with van der Waals surface area (Å²) in [6.07, 6.45) is 18.1. The molecule has 1 unspecified atom stereocenters. The Kier molecular flexibility index (Phi) is 7.29. The molecule has 0 aromatic rings. The molecule has 0 aromatic carbocycles. The van der Waals surface area contributed by atoms with Crippen molar-refractivity contribution in [1.82, 2.24) is 0 Å². The second-order valence-electron chi connectivity index (χ2n) is 7.25. The Morgan fingerprint density at radius 3 is 2.28 bits per heavy atom. The van der Waals surface area contributed by atoms with Crippen molar-refractivity contribution >= 4 is 8.07 Å². The summed E-state index contributed by atoms with van der Waals surface area (Å²) >= 11 is 0. The van der Waals surface area contributed by atoms with E-state index in [0.29, 0.717) is 0 Å². The van der Waals surface area contributed by atoms with E-state index in [1.54, 1.807) is 0 Å². The van der Waals surface area contributed by atoms with Crippen LogP contribution >= 0.6 is 0 Å². The van der Waals surface area contributed by atoms with Gasteiger partial charge in [-0.3, -0.25) is 0 Å². The van der Waals surface area contributed by atoms with Gasteiger partial charge in [-0.2, -0.15) is 0 Å². The van der Waals surface area contributed by atoms with Gasteiger partial charge in [0.15, 0.2) is 0 Å². The summed E-state index contributed by atoms with van der Waals surface area (Å²) in [5, 5.41) is 0. The van der Waals surface area contributed by atoms with Crippen LogP contribution in [0.15, 0.2) is 12.2 Å². The first kappa shape index (κ1) is 16.0. The van der Waals surface area contributed by atoms with Gasteiger partial charge in [0.25, 0.3) is 0 Å². The summed E-state index contributed by atoms with van der Waals surface area (Å²) in [7, 11) is -1.01. The molecular weight excluding hydrogens is 232 g/mol. The maximum absolute atomic E-state index is 2.62. The topological polar surface area (TPSA) is 0 Å². The quantitative estimate of drug-likeness (QED) is 0.284. The van der Waals surface area contributed by atoms with Crippen molar-refractivity contribution < 1.29 is 0 Å². The fraction of sp³-hybridized carbons (Fsp3) is 0.882. The van der Waals surface area contributed by atoms with Crippen LogP contribution in [-0.2, 0) is 0 Å². The lowest BCUT2D eigenvalue weighted by Crippen LogP contribution is -2.27. The highest BCUT2D eigenvalue weighted by molar-refractivity contribution is 6.78. The third-order valence-corrected chi connectivity index (χ3v) is 7.20. The highest BCUT2D eigenvalue weighted by atomic mass is 28.3. The molecule has 106 valence electrons. The van der Waals surface area contributed by atoms with Crippen molar-refractivity contribution in [1.29, 1.82) is 0 Å². The van der Waals surface area contributed by atoms with Crippen LogP contribution in [0.5, 0.6) is 0 Å². The number of allylic oxidation sites excluding steroid dienone is 2. The molecule has 1 aliphatic carbocycles. The zero-order valence-electron chi connectivity index (χ0n) is 13.2. The molecule has 1 heteroatoms. The predicted molar refractivity (Wildman–Crippen MR) is 87.0 cm³/mol.